The maximum atomic E-state index is 12.5. The van der Waals surface area contributed by atoms with E-state index in [2.05, 4.69) is 5.32 Å². The minimum absolute atomic E-state index is 0.459. The molecule has 1 aliphatic heterocycles. The fourth-order valence-electron chi connectivity index (χ4n) is 2.99. The molecule has 1 aromatic heterocycles. The van der Waals surface area contributed by atoms with Crippen LogP contribution in [0, 0.1) is 0 Å². The summed E-state index contributed by atoms with van der Waals surface area (Å²) in [6.07, 6.45) is -2.06. The number of alkyl halides is 3. The van der Waals surface area contributed by atoms with Gasteiger partial charge in [0.15, 0.2) is 0 Å². The lowest BCUT2D eigenvalue weighted by Crippen LogP contribution is -2.19. The molecule has 0 radical (unpaired) electrons. The van der Waals surface area contributed by atoms with Crippen molar-refractivity contribution in [2.24, 2.45) is 0 Å². The highest BCUT2D eigenvalue weighted by molar-refractivity contribution is 7.12. The number of thiophene rings is 1. The van der Waals surface area contributed by atoms with Crippen LogP contribution in [0.4, 0.5) is 13.2 Å². The Morgan fingerprint density at radius 2 is 2.12 bits per heavy atom. The number of nitrogens with one attached hydrogen (secondary N) is 1. The Bertz CT molecular complexity index is 436. The summed E-state index contributed by atoms with van der Waals surface area (Å²) in [6.45, 7) is 1.83. The van der Waals surface area contributed by atoms with E-state index in [1.165, 1.54) is 21.8 Å². The maximum Gasteiger partial charge on any atom is 0.393 e. The molecular weight excluding hydrogens is 247 g/mol. The van der Waals surface area contributed by atoms with Crippen molar-refractivity contribution in [1.82, 2.24) is 5.32 Å². The highest BCUT2D eigenvalue weighted by Crippen LogP contribution is 2.44. The van der Waals surface area contributed by atoms with Crippen LogP contribution in [0.25, 0.3) is 0 Å². The van der Waals surface area contributed by atoms with Crippen LogP contribution in [0.2, 0.25) is 0 Å². The average Bonchev–Trinajstić information content (AvgIpc) is 2.69. The van der Waals surface area contributed by atoms with Gasteiger partial charge in [0.2, 0.25) is 0 Å². The minimum atomic E-state index is -4.07. The molecule has 1 atom stereocenters. The summed E-state index contributed by atoms with van der Waals surface area (Å²) in [5.74, 6) is 0.459. The fraction of sp³-hybridized carbons (Fsp3) is 0.667. The molecule has 17 heavy (non-hydrogen) atoms. The average molecular weight is 261 g/mol. The monoisotopic (exact) mass is 261 g/mol. The molecule has 2 aliphatic rings. The standard InChI is InChI=1S/C12H14F3NS/c13-12(14,15)5-10-8-2-1-7-6-16-4-3-9(17-10)11(7)8/h7,16H,1-6H2/t7-/m0/s1. The molecule has 1 nitrogen and oxygen atoms in total. The van der Waals surface area contributed by atoms with Gasteiger partial charge in [-0.2, -0.15) is 13.2 Å². The molecule has 0 bridgehead atoms. The summed E-state index contributed by atoms with van der Waals surface area (Å²) in [6, 6.07) is 0. The first kappa shape index (κ1) is 11.5. The van der Waals surface area contributed by atoms with Gasteiger partial charge in [0.1, 0.15) is 0 Å². The van der Waals surface area contributed by atoms with Gasteiger partial charge in [0.05, 0.1) is 6.42 Å². The Hall–Kier alpha value is -0.550. The molecule has 1 N–H and O–H groups in total. The molecule has 0 saturated heterocycles. The molecular formula is C12H14F3NS. The number of halogens is 3. The third kappa shape index (κ3) is 2.10. The Balaban J connectivity index is 1.99. The van der Waals surface area contributed by atoms with Crippen LogP contribution in [0.1, 0.15) is 33.2 Å². The molecule has 2 heterocycles. The van der Waals surface area contributed by atoms with Gasteiger partial charge in [-0.15, -0.1) is 11.3 Å². The van der Waals surface area contributed by atoms with Gasteiger partial charge in [-0.05, 0) is 42.9 Å². The van der Waals surface area contributed by atoms with Gasteiger partial charge < -0.3 is 5.32 Å². The SMILES string of the molecule is FC(F)(F)Cc1sc2c3c1CC[C@H]3CNCC2. The topological polar surface area (TPSA) is 12.0 Å². The van der Waals surface area contributed by atoms with E-state index < -0.39 is 12.6 Å². The second-order valence-electron chi connectivity index (χ2n) is 4.82. The minimum Gasteiger partial charge on any atom is -0.316 e. The zero-order valence-corrected chi connectivity index (χ0v) is 10.2. The summed E-state index contributed by atoms with van der Waals surface area (Å²) in [4.78, 5) is 1.78. The second-order valence-corrected chi connectivity index (χ2v) is 6.01. The Morgan fingerprint density at radius 3 is 2.88 bits per heavy atom. The van der Waals surface area contributed by atoms with E-state index in [0.29, 0.717) is 10.8 Å². The first-order valence-electron chi connectivity index (χ1n) is 5.95. The molecule has 0 spiro atoms. The van der Waals surface area contributed by atoms with Crippen molar-refractivity contribution in [3.63, 3.8) is 0 Å². The first-order valence-corrected chi connectivity index (χ1v) is 6.77. The molecule has 0 fully saturated rings. The van der Waals surface area contributed by atoms with Crippen LogP contribution in [0.5, 0.6) is 0 Å². The molecule has 94 valence electrons. The fourth-order valence-corrected chi connectivity index (χ4v) is 4.46. The van der Waals surface area contributed by atoms with Crippen molar-refractivity contribution >= 4 is 11.3 Å². The van der Waals surface area contributed by atoms with Crippen LogP contribution in [-0.2, 0) is 19.3 Å². The summed E-state index contributed by atoms with van der Waals surface area (Å²) in [5.41, 5.74) is 2.29. The summed E-state index contributed by atoms with van der Waals surface area (Å²) in [5, 5.41) is 3.37. The van der Waals surface area contributed by atoms with Gasteiger partial charge in [-0.25, -0.2) is 0 Å². The number of hydrogen-bond acceptors (Lipinski definition) is 2. The van der Waals surface area contributed by atoms with Crippen molar-refractivity contribution in [1.29, 1.82) is 0 Å². The van der Waals surface area contributed by atoms with Crippen molar-refractivity contribution < 1.29 is 13.2 Å². The number of rotatable bonds is 1. The summed E-state index contributed by atoms with van der Waals surface area (Å²) >= 11 is 1.40. The second kappa shape index (κ2) is 3.99. The normalized spacial score (nSPS) is 23.6. The van der Waals surface area contributed by atoms with E-state index in [-0.39, 0.29) is 0 Å². The third-order valence-electron chi connectivity index (χ3n) is 3.64. The molecule has 1 aliphatic carbocycles. The Labute approximate surface area is 102 Å². The summed E-state index contributed by atoms with van der Waals surface area (Å²) < 4.78 is 37.5. The van der Waals surface area contributed by atoms with E-state index in [1.54, 1.807) is 0 Å². The zero-order chi connectivity index (χ0) is 12.0. The van der Waals surface area contributed by atoms with Gasteiger partial charge in [-0.1, -0.05) is 0 Å². The van der Waals surface area contributed by atoms with E-state index in [9.17, 15) is 13.2 Å². The molecule has 0 aromatic carbocycles. The van der Waals surface area contributed by atoms with E-state index in [1.807, 2.05) is 0 Å². The molecule has 3 rings (SSSR count). The van der Waals surface area contributed by atoms with Crippen molar-refractivity contribution in [3.8, 4) is 0 Å². The Morgan fingerprint density at radius 1 is 1.29 bits per heavy atom. The molecule has 1 aromatic rings. The van der Waals surface area contributed by atoms with Gasteiger partial charge >= 0.3 is 6.18 Å². The van der Waals surface area contributed by atoms with Gasteiger partial charge in [0, 0.05) is 16.3 Å². The first-order chi connectivity index (χ1) is 8.04. The van der Waals surface area contributed by atoms with E-state index in [4.69, 9.17) is 0 Å². The lowest BCUT2D eigenvalue weighted by molar-refractivity contribution is -0.126. The zero-order valence-electron chi connectivity index (χ0n) is 9.36. The van der Waals surface area contributed by atoms with Crippen LogP contribution in [0.15, 0.2) is 0 Å². The van der Waals surface area contributed by atoms with Crippen LogP contribution >= 0.6 is 11.3 Å². The van der Waals surface area contributed by atoms with Crippen molar-refractivity contribution in [2.45, 2.75) is 37.8 Å². The van der Waals surface area contributed by atoms with Crippen LogP contribution < -0.4 is 5.32 Å². The largest absolute Gasteiger partial charge is 0.393 e. The van der Waals surface area contributed by atoms with Crippen molar-refractivity contribution in [3.05, 3.63) is 20.9 Å². The molecule has 0 amide bonds. The van der Waals surface area contributed by atoms with Crippen LogP contribution in [0.3, 0.4) is 0 Å². The molecule has 0 unspecified atom stereocenters. The Kier molecular flexibility index (Phi) is 2.70. The predicted molar refractivity (Wildman–Crippen MR) is 61.7 cm³/mol. The number of hydrogen-bond donors (Lipinski definition) is 1. The van der Waals surface area contributed by atoms with Crippen LogP contribution in [-0.4, -0.2) is 19.3 Å². The van der Waals surface area contributed by atoms with E-state index in [0.717, 1.165) is 37.9 Å². The summed E-state index contributed by atoms with van der Waals surface area (Å²) in [7, 11) is 0. The highest BCUT2D eigenvalue weighted by atomic mass is 32.1. The van der Waals surface area contributed by atoms with E-state index >= 15 is 0 Å². The smallest absolute Gasteiger partial charge is 0.316 e. The maximum absolute atomic E-state index is 12.5. The lowest BCUT2D eigenvalue weighted by atomic mass is 10.0. The van der Waals surface area contributed by atoms with Crippen molar-refractivity contribution in [2.75, 3.05) is 13.1 Å². The predicted octanol–water partition coefficient (Wildman–Crippen LogP) is 3.03. The molecule has 5 heteroatoms. The quantitative estimate of drug-likeness (QED) is 0.819. The highest BCUT2D eigenvalue weighted by Gasteiger charge is 2.36. The third-order valence-corrected chi connectivity index (χ3v) is 4.95. The molecule has 0 saturated carbocycles. The lowest BCUT2D eigenvalue weighted by Gasteiger charge is -2.07. The van der Waals surface area contributed by atoms with Gasteiger partial charge in [-0.3, -0.25) is 0 Å². The van der Waals surface area contributed by atoms with Gasteiger partial charge in [0.25, 0.3) is 0 Å².